The van der Waals surface area contributed by atoms with Crippen molar-refractivity contribution in [2.75, 3.05) is 13.1 Å². The van der Waals surface area contributed by atoms with Gasteiger partial charge in [0, 0.05) is 13.1 Å². The number of nitrogens with two attached hydrogens (primary N) is 1. The quantitative estimate of drug-likeness (QED) is 0.778. The van der Waals surface area contributed by atoms with Gasteiger partial charge in [0.2, 0.25) is 10.0 Å². The first kappa shape index (κ1) is 20.6. The van der Waals surface area contributed by atoms with Gasteiger partial charge in [0.1, 0.15) is 0 Å². The molecule has 0 atom stereocenters. The number of hydrogen-bond donors (Lipinski definition) is 1. The maximum absolute atomic E-state index is 12.8. The molecule has 132 valence electrons. The third kappa shape index (κ3) is 6.24. The summed E-state index contributed by atoms with van der Waals surface area (Å²) in [5.41, 5.74) is 8.43. The Morgan fingerprint density at radius 1 is 1.00 bits per heavy atom. The normalized spacial score (nSPS) is 11.3. The van der Waals surface area contributed by atoms with Gasteiger partial charge in [0.25, 0.3) is 0 Å². The largest absolute Gasteiger partial charge is 0.330 e. The molecule has 24 heavy (non-hydrogen) atoms. The van der Waals surface area contributed by atoms with Crippen molar-refractivity contribution >= 4 is 22.4 Å². The summed E-state index contributed by atoms with van der Waals surface area (Å²) in [6.45, 7) is 3.27. The van der Waals surface area contributed by atoms with E-state index in [1.54, 1.807) is 0 Å². The summed E-state index contributed by atoms with van der Waals surface area (Å²) in [6, 6.07) is 17.3. The van der Waals surface area contributed by atoms with Crippen molar-refractivity contribution in [2.24, 2.45) is 5.73 Å². The van der Waals surface area contributed by atoms with Crippen LogP contribution in [0.5, 0.6) is 0 Å². The monoisotopic (exact) mass is 368 g/mol. The molecule has 0 aliphatic heterocycles. The van der Waals surface area contributed by atoms with Crippen LogP contribution in [0, 0.1) is 6.92 Å². The van der Waals surface area contributed by atoms with Gasteiger partial charge in [0.05, 0.1) is 5.75 Å². The smallest absolute Gasteiger partial charge is 0.218 e. The van der Waals surface area contributed by atoms with Gasteiger partial charge in [0.15, 0.2) is 0 Å². The molecule has 2 rings (SSSR count). The summed E-state index contributed by atoms with van der Waals surface area (Å²) in [7, 11) is -3.38. The Morgan fingerprint density at radius 3 is 2.29 bits per heavy atom. The van der Waals surface area contributed by atoms with E-state index in [1.807, 2.05) is 61.5 Å². The molecular formula is C18H25ClN2O2S. The Labute approximate surface area is 151 Å². The highest BCUT2D eigenvalue weighted by molar-refractivity contribution is 7.88. The molecule has 4 nitrogen and oxygen atoms in total. The van der Waals surface area contributed by atoms with Crippen molar-refractivity contribution in [1.29, 1.82) is 0 Å². The molecule has 2 N–H and O–H groups in total. The predicted octanol–water partition coefficient (Wildman–Crippen LogP) is 3.10. The Kier molecular flexibility index (Phi) is 8.42. The van der Waals surface area contributed by atoms with Crippen molar-refractivity contribution in [1.82, 2.24) is 4.31 Å². The zero-order chi connectivity index (χ0) is 16.7. The van der Waals surface area contributed by atoms with Crippen molar-refractivity contribution < 1.29 is 8.42 Å². The molecule has 0 aromatic heterocycles. The molecule has 2 aromatic carbocycles. The molecule has 0 spiro atoms. The Morgan fingerprint density at radius 2 is 1.67 bits per heavy atom. The van der Waals surface area contributed by atoms with E-state index in [0.29, 0.717) is 26.1 Å². The van der Waals surface area contributed by atoms with Crippen LogP contribution in [0.25, 0.3) is 0 Å². The lowest BCUT2D eigenvalue weighted by molar-refractivity contribution is 0.401. The average Bonchev–Trinajstić information content (AvgIpc) is 2.52. The lowest BCUT2D eigenvalue weighted by Crippen LogP contribution is -2.33. The van der Waals surface area contributed by atoms with Gasteiger partial charge in [-0.3, -0.25) is 0 Å². The second-order valence-corrected chi connectivity index (χ2v) is 7.68. The van der Waals surface area contributed by atoms with Gasteiger partial charge < -0.3 is 5.73 Å². The zero-order valence-corrected chi connectivity index (χ0v) is 15.5. The first-order valence-corrected chi connectivity index (χ1v) is 9.39. The van der Waals surface area contributed by atoms with Crippen LogP contribution in [-0.2, 0) is 22.3 Å². The standard InChI is InChI=1S/C18H24N2O2S.ClH/c1-16-7-5-10-18(13-16)15-23(21,22)20(12-6-11-19)14-17-8-3-2-4-9-17;/h2-5,7-10,13H,6,11-12,14-15,19H2,1H3;1H. The summed E-state index contributed by atoms with van der Waals surface area (Å²) in [6.07, 6.45) is 0.653. The van der Waals surface area contributed by atoms with Gasteiger partial charge in [-0.05, 0) is 31.0 Å². The third-order valence-corrected chi connectivity index (χ3v) is 5.43. The van der Waals surface area contributed by atoms with Gasteiger partial charge in [-0.25, -0.2) is 8.42 Å². The van der Waals surface area contributed by atoms with Gasteiger partial charge in [-0.2, -0.15) is 4.31 Å². The lowest BCUT2D eigenvalue weighted by atomic mass is 10.2. The van der Waals surface area contributed by atoms with Crippen LogP contribution in [0.3, 0.4) is 0 Å². The number of halogens is 1. The van der Waals surface area contributed by atoms with E-state index >= 15 is 0 Å². The molecule has 0 unspecified atom stereocenters. The first-order chi connectivity index (χ1) is 11.0. The van der Waals surface area contributed by atoms with Crippen LogP contribution in [-0.4, -0.2) is 25.8 Å². The SMILES string of the molecule is Cc1cccc(CS(=O)(=O)N(CCCN)Cc2ccccc2)c1.Cl. The highest BCUT2D eigenvalue weighted by Gasteiger charge is 2.22. The summed E-state index contributed by atoms with van der Waals surface area (Å²) in [5.74, 6) is 0.0199. The minimum Gasteiger partial charge on any atom is -0.330 e. The van der Waals surface area contributed by atoms with Gasteiger partial charge in [-0.15, -0.1) is 12.4 Å². The summed E-state index contributed by atoms with van der Waals surface area (Å²) in [5, 5.41) is 0. The van der Waals surface area contributed by atoms with E-state index in [9.17, 15) is 8.42 Å². The average molecular weight is 369 g/mol. The van der Waals surface area contributed by atoms with E-state index in [2.05, 4.69) is 0 Å². The summed E-state index contributed by atoms with van der Waals surface area (Å²) in [4.78, 5) is 0. The second-order valence-electron chi connectivity index (χ2n) is 5.71. The van der Waals surface area contributed by atoms with E-state index in [4.69, 9.17) is 5.73 Å². The molecule has 0 fully saturated rings. The van der Waals surface area contributed by atoms with Crippen molar-refractivity contribution in [3.05, 3.63) is 71.3 Å². The topological polar surface area (TPSA) is 63.4 Å². The fourth-order valence-corrected chi connectivity index (χ4v) is 4.01. The maximum atomic E-state index is 12.8. The van der Waals surface area contributed by atoms with Crippen LogP contribution < -0.4 is 5.73 Å². The fraction of sp³-hybridized carbons (Fsp3) is 0.333. The van der Waals surface area contributed by atoms with E-state index in [0.717, 1.165) is 16.7 Å². The van der Waals surface area contributed by atoms with Crippen LogP contribution in [0.4, 0.5) is 0 Å². The highest BCUT2D eigenvalue weighted by Crippen LogP contribution is 2.16. The molecule has 0 saturated carbocycles. The number of benzene rings is 2. The van der Waals surface area contributed by atoms with Crippen LogP contribution >= 0.6 is 12.4 Å². The molecule has 0 radical (unpaired) electrons. The van der Waals surface area contributed by atoms with Crippen LogP contribution in [0.1, 0.15) is 23.1 Å². The lowest BCUT2D eigenvalue weighted by Gasteiger charge is -2.22. The number of sulfonamides is 1. The molecule has 0 heterocycles. The summed E-state index contributed by atoms with van der Waals surface area (Å²) < 4.78 is 27.2. The predicted molar refractivity (Wildman–Crippen MR) is 102 cm³/mol. The molecule has 6 heteroatoms. The van der Waals surface area contributed by atoms with Gasteiger partial charge in [-0.1, -0.05) is 60.2 Å². The summed E-state index contributed by atoms with van der Waals surface area (Å²) >= 11 is 0. The van der Waals surface area contributed by atoms with Crippen molar-refractivity contribution in [3.63, 3.8) is 0 Å². The van der Waals surface area contributed by atoms with Crippen LogP contribution in [0.2, 0.25) is 0 Å². The van der Waals surface area contributed by atoms with Crippen LogP contribution in [0.15, 0.2) is 54.6 Å². The second kappa shape index (κ2) is 9.79. The number of hydrogen-bond acceptors (Lipinski definition) is 3. The Hall–Kier alpha value is -1.40. The van der Waals surface area contributed by atoms with Crippen molar-refractivity contribution in [3.8, 4) is 0 Å². The van der Waals surface area contributed by atoms with E-state index < -0.39 is 10.0 Å². The molecule has 2 aromatic rings. The third-order valence-electron chi connectivity index (χ3n) is 3.64. The van der Waals surface area contributed by atoms with Crippen molar-refractivity contribution in [2.45, 2.75) is 25.6 Å². The van der Waals surface area contributed by atoms with Gasteiger partial charge >= 0.3 is 0 Å². The fourth-order valence-electron chi connectivity index (χ4n) is 2.48. The zero-order valence-electron chi connectivity index (χ0n) is 13.9. The molecule has 0 aliphatic carbocycles. The first-order valence-electron chi connectivity index (χ1n) is 7.78. The van der Waals surface area contributed by atoms with E-state index in [-0.39, 0.29) is 18.2 Å². The Bertz CT molecular complexity index is 721. The highest BCUT2D eigenvalue weighted by atomic mass is 35.5. The molecule has 0 aliphatic rings. The van der Waals surface area contributed by atoms with E-state index in [1.165, 1.54) is 4.31 Å². The number of nitrogens with zero attached hydrogens (tertiary/aromatic N) is 1. The number of rotatable bonds is 8. The molecular weight excluding hydrogens is 344 g/mol. The Balaban J connectivity index is 0.00000288. The minimum atomic E-state index is -3.38. The molecule has 0 amide bonds. The minimum absolute atomic E-state index is 0. The maximum Gasteiger partial charge on any atom is 0.218 e. The molecule has 0 bridgehead atoms. The molecule has 0 saturated heterocycles. The number of aryl methyl sites for hydroxylation is 1.